The molecular weight excluding hydrogens is 275 g/mol. The van der Waals surface area contributed by atoms with Gasteiger partial charge in [-0.15, -0.1) is 0 Å². The number of imidazole rings is 1. The summed E-state index contributed by atoms with van der Waals surface area (Å²) < 4.78 is 20.7. The lowest BCUT2D eigenvalue weighted by atomic mass is 10.2. The molecule has 112 valence electrons. The van der Waals surface area contributed by atoms with E-state index in [0.717, 1.165) is 6.54 Å². The van der Waals surface area contributed by atoms with Crippen molar-refractivity contribution >= 4 is 22.9 Å². The van der Waals surface area contributed by atoms with Crippen LogP contribution in [0.5, 0.6) is 0 Å². The van der Waals surface area contributed by atoms with Crippen LogP contribution in [0.1, 0.15) is 6.42 Å². The second-order valence-corrected chi connectivity index (χ2v) is 5.08. The monoisotopic (exact) mass is 292 g/mol. The first kappa shape index (κ1) is 14.0. The zero-order valence-corrected chi connectivity index (χ0v) is 11.7. The standard InChI is InChI=1S/C14H17FN4O2/c1-19-11-4-2-3-10(15)13(11)18-14(19)17-12(20)7-9-8-21-6-5-16-9/h2-4,9,16H,5-8H2,1H3,(H,17,18,20). The number of rotatable bonds is 3. The maximum Gasteiger partial charge on any atom is 0.228 e. The van der Waals surface area contributed by atoms with Crippen LogP contribution in [0.2, 0.25) is 0 Å². The van der Waals surface area contributed by atoms with Gasteiger partial charge in [0, 0.05) is 26.1 Å². The molecule has 0 radical (unpaired) electrons. The first-order valence-corrected chi connectivity index (χ1v) is 6.87. The first-order chi connectivity index (χ1) is 10.1. The molecule has 0 bridgehead atoms. The highest BCUT2D eigenvalue weighted by Gasteiger charge is 2.19. The van der Waals surface area contributed by atoms with Crippen LogP contribution in [0.25, 0.3) is 11.0 Å². The van der Waals surface area contributed by atoms with Crippen molar-refractivity contribution < 1.29 is 13.9 Å². The van der Waals surface area contributed by atoms with Gasteiger partial charge in [-0.2, -0.15) is 0 Å². The molecule has 0 saturated carbocycles. The Labute approximate surface area is 121 Å². The molecule has 1 aliphatic heterocycles. The molecular formula is C14H17FN4O2. The Morgan fingerprint density at radius 1 is 1.62 bits per heavy atom. The molecule has 1 aromatic heterocycles. The number of ether oxygens (including phenoxy) is 1. The minimum absolute atomic E-state index is 0.00479. The summed E-state index contributed by atoms with van der Waals surface area (Å²) in [5.41, 5.74) is 0.902. The minimum Gasteiger partial charge on any atom is -0.378 e. The van der Waals surface area contributed by atoms with E-state index >= 15 is 0 Å². The van der Waals surface area contributed by atoms with Gasteiger partial charge in [0.2, 0.25) is 11.9 Å². The molecule has 1 saturated heterocycles. The molecule has 2 aromatic rings. The molecule has 21 heavy (non-hydrogen) atoms. The zero-order valence-electron chi connectivity index (χ0n) is 11.7. The summed E-state index contributed by atoms with van der Waals surface area (Å²) in [6.45, 7) is 1.93. The number of hydrogen-bond donors (Lipinski definition) is 2. The van der Waals surface area contributed by atoms with Crippen molar-refractivity contribution in [1.82, 2.24) is 14.9 Å². The number of nitrogens with zero attached hydrogens (tertiary/aromatic N) is 2. The lowest BCUT2D eigenvalue weighted by Crippen LogP contribution is -2.43. The third kappa shape index (κ3) is 2.88. The number of benzene rings is 1. The summed E-state index contributed by atoms with van der Waals surface area (Å²) in [5, 5.41) is 5.94. The van der Waals surface area contributed by atoms with E-state index in [0.29, 0.717) is 31.1 Å². The Morgan fingerprint density at radius 3 is 3.19 bits per heavy atom. The van der Waals surface area contributed by atoms with Crippen molar-refractivity contribution in [3.8, 4) is 0 Å². The van der Waals surface area contributed by atoms with E-state index in [-0.39, 0.29) is 17.5 Å². The predicted molar refractivity (Wildman–Crippen MR) is 76.5 cm³/mol. The normalized spacial score (nSPS) is 18.9. The number of amides is 1. The number of para-hydroxylation sites is 1. The van der Waals surface area contributed by atoms with E-state index in [2.05, 4.69) is 15.6 Å². The highest BCUT2D eigenvalue weighted by molar-refractivity contribution is 5.91. The van der Waals surface area contributed by atoms with E-state index in [4.69, 9.17) is 4.74 Å². The molecule has 1 aliphatic rings. The van der Waals surface area contributed by atoms with Crippen LogP contribution in [0.3, 0.4) is 0 Å². The average Bonchev–Trinajstić information content (AvgIpc) is 2.79. The predicted octanol–water partition coefficient (Wildman–Crippen LogP) is 1.03. The van der Waals surface area contributed by atoms with Gasteiger partial charge in [-0.3, -0.25) is 10.1 Å². The van der Waals surface area contributed by atoms with Gasteiger partial charge >= 0.3 is 0 Å². The Kier molecular flexibility index (Phi) is 3.85. The Bertz CT molecular complexity index is 664. The lowest BCUT2D eigenvalue weighted by molar-refractivity contribution is -0.117. The molecule has 1 amide bonds. The smallest absolute Gasteiger partial charge is 0.228 e. The van der Waals surface area contributed by atoms with Gasteiger partial charge in [0.15, 0.2) is 5.82 Å². The highest BCUT2D eigenvalue weighted by atomic mass is 19.1. The van der Waals surface area contributed by atoms with Gasteiger partial charge in [0.25, 0.3) is 0 Å². The molecule has 7 heteroatoms. The van der Waals surface area contributed by atoms with Gasteiger partial charge < -0.3 is 14.6 Å². The van der Waals surface area contributed by atoms with E-state index in [1.807, 2.05) is 0 Å². The Balaban J connectivity index is 1.73. The third-order valence-corrected chi connectivity index (χ3v) is 3.54. The number of nitrogens with one attached hydrogen (secondary N) is 2. The number of morpholine rings is 1. The van der Waals surface area contributed by atoms with Crippen molar-refractivity contribution in [2.75, 3.05) is 25.1 Å². The van der Waals surface area contributed by atoms with Crippen LogP contribution >= 0.6 is 0 Å². The van der Waals surface area contributed by atoms with Crippen molar-refractivity contribution in [2.24, 2.45) is 7.05 Å². The number of carbonyl (C=O) groups excluding carboxylic acids is 1. The third-order valence-electron chi connectivity index (χ3n) is 3.54. The largest absolute Gasteiger partial charge is 0.378 e. The van der Waals surface area contributed by atoms with Crippen molar-refractivity contribution in [2.45, 2.75) is 12.5 Å². The van der Waals surface area contributed by atoms with E-state index in [9.17, 15) is 9.18 Å². The van der Waals surface area contributed by atoms with Gasteiger partial charge in [0.05, 0.1) is 18.7 Å². The molecule has 3 rings (SSSR count). The SMILES string of the molecule is Cn1c(NC(=O)CC2COCCN2)nc2c(F)cccc21. The number of carbonyl (C=O) groups is 1. The number of halogens is 1. The summed E-state index contributed by atoms with van der Waals surface area (Å²) in [4.78, 5) is 16.2. The molecule has 6 nitrogen and oxygen atoms in total. The summed E-state index contributed by atoms with van der Waals surface area (Å²) >= 11 is 0. The molecule has 2 N–H and O–H groups in total. The van der Waals surface area contributed by atoms with Crippen molar-refractivity contribution in [3.63, 3.8) is 0 Å². The maximum atomic E-state index is 13.7. The van der Waals surface area contributed by atoms with Crippen LogP contribution in [0, 0.1) is 5.82 Å². The van der Waals surface area contributed by atoms with Crippen molar-refractivity contribution in [1.29, 1.82) is 0 Å². The number of anilines is 1. The van der Waals surface area contributed by atoms with Crippen molar-refractivity contribution in [3.05, 3.63) is 24.0 Å². The first-order valence-electron chi connectivity index (χ1n) is 6.87. The topological polar surface area (TPSA) is 68.2 Å². The zero-order chi connectivity index (χ0) is 14.8. The molecule has 1 aromatic carbocycles. The maximum absolute atomic E-state index is 13.7. The second kappa shape index (κ2) is 5.79. The average molecular weight is 292 g/mol. The molecule has 1 unspecified atom stereocenters. The Morgan fingerprint density at radius 2 is 2.48 bits per heavy atom. The summed E-state index contributed by atoms with van der Waals surface area (Å²) in [6.07, 6.45) is 0.297. The van der Waals surface area contributed by atoms with E-state index in [1.54, 1.807) is 23.7 Å². The number of fused-ring (bicyclic) bond motifs is 1. The van der Waals surface area contributed by atoms with Gasteiger partial charge in [-0.25, -0.2) is 9.37 Å². The Hall–Kier alpha value is -1.99. The van der Waals surface area contributed by atoms with Crippen LogP contribution in [0.15, 0.2) is 18.2 Å². The van der Waals surface area contributed by atoms with E-state index in [1.165, 1.54) is 6.07 Å². The molecule has 0 aliphatic carbocycles. The summed E-state index contributed by atoms with van der Waals surface area (Å²) in [5.74, 6) is -0.223. The van der Waals surface area contributed by atoms with Crippen LogP contribution in [0.4, 0.5) is 10.3 Å². The number of aryl methyl sites for hydroxylation is 1. The van der Waals surface area contributed by atoms with Gasteiger partial charge in [-0.05, 0) is 12.1 Å². The van der Waals surface area contributed by atoms with E-state index < -0.39 is 5.82 Å². The van der Waals surface area contributed by atoms with Gasteiger partial charge in [-0.1, -0.05) is 6.07 Å². The highest BCUT2D eigenvalue weighted by Crippen LogP contribution is 2.20. The fourth-order valence-corrected chi connectivity index (χ4v) is 2.44. The van der Waals surface area contributed by atoms with Crippen LogP contribution in [-0.2, 0) is 16.6 Å². The summed E-state index contributed by atoms with van der Waals surface area (Å²) in [7, 11) is 1.74. The molecule has 2 heterocycles. The molecule has 0 spiro atoms. The summed E-state index contributed by atoms with van der Waals surface area (Å²) in [6, 6.07) is 4.74. The van der Waals surface area contributed by atoms with Gasteiger partial charge in [0.1, 0.15) is 5.52 Å². The van der Waals surface area contributed by atoms with Crippen LogP contribution < -0.4 is 10.6 Å². The molecule has 1 fully saturated rings. The fraction of sp³-hybridized carbons (Fsp3) is 0.429. The number of aromatic nitrogens is 2. The minimum atomic E-state index is -0.397. The lowest BCUT2D eigenvalue weighted by Gasteiger charge is -2.23. The fourth-order valence-electron chi connectivity index (χ4n) is 2.44. The molecule has 1 atom stereocenters. The number of hydrogen-bond acceptors (Lipinski definition) is 4. The second-order valence-electron chi connectivity index (χ2n) is 5.08. The van der Waals surface area contributed by atoms with Crippen LogP contribution in [-0.4, -0.2) is 41.3 Å². The quantitative estimate of drug-likeness (QED) is 0.886.